The van der Waals surface area contributed by atoms with Crippen LogP contribution in [0.4, 0.5) is 18.9 Å². The minimum absolute atomic E-state index is 0.0775. The molecule has 4 nitrogen and oxygen atoms in total. The Kier molecular flexibility index (Phi) is 3.90. The fourth-order valence-corrected chi connectivity index (χ4v) is 2.87. The first-order valence-corrected chi connectivity index (χ1v) is 7.20. The fourth-order valence-electron chi connectivity index (χ4n) is 2.87. The summed E-state index contributed by atoms with van der Waals surface area (Å²) in [7, 11) is 0. The number of hydrogen-bond acceptors (Lipinski definition) is 3. The van der Waals surface area contributed by atoms with Crippen molar-refractivity contribution in [2.24, 2.45) is 10.9 Å². The number of alkyl halides is 3. The third kappa shape index (κ3) is 3.14. The number of nitrogens with one attached hydrogen (secondary N) is 2. The van der Waals surface area contributed by atoms with Crippen molar-refractivity contribution in [3.05, 3.63) is 29.3 Å². The summed E-state index contributed by atoms with van der Waals surface area (Å²) in [6, 6.07) is 5.31. The molecule has 0 spiro atoms. The Hall–Kier alpha value is -1.89. The van der Waals surface area contributed by atoms with Gasteiger partial charge in [-0.1, -0.05) is 12.1 Å². The molecule has 0 bridgehead atoms. The molecule has 1 atom stereocenters. The van der Waals surface area contributed by atoms with Crippen molar-refractivity contribution in [1.29, 1.82) is 0 Å². The van der Waals surface area contributed by atoms with Crippen LogP contribution in [-0.4, -0.2) is 30.9 Å². The lowest BCUT2D eigenvalue weighted by Gasteiger charge is -2.29. The molecule has 1 aromatic rings. The Bertz CT molecular complexity index is 625. The van der Waals surface area contributed by atoms with Crippen LogP contribution in [0.15, 0.2) is 23.2 Å². The molecule has 0 radical (unpaired) electrons. The number of fused-ring (bicyclic) bond motifs is 3. The van der Waals surface area contributed by atoms with E-state index in [1.807, 2.05) is 6.07 Å². The molecular weight excluding hydrogens is 295 g/mol. The van der Waals surface area contributed by atoms with Crippen molar-refractivity contribution < 1.29 is 18.0 Å². The Morgan fingerprint density at radius 1 is 1.36 bits per heavy atom. The molecule has 1 aromatic carbocycles. The zero-order valence-electron chi connectivity index (χ0n) is 11.8. The second-order valence-corrected chi connectivity index (χ2v) is 5.55. The normalized spacial score (nSPS) is 20.8. The van der Waals surface area contributed by atoms with Gasteiger partial charge in [-0.2, -0.15) is 13.2 Å². The molecule has 1 amide bonds. The number of anilines is 1. The molecular formula is C15H16F3N3O. The molecule has 0 fully saturated rings. The van der Waals surface area contributed by atoms with Gasteiger partial charge < -0.3 is 10.6 Å². The summed E-state index contributed by atoms with van der Waals surface area (Å²) in [4.78, 5) is 16.6. The minimum atomic E-state index is -4.23. The van der Waals surface area contributed by atoms with Crippen LogP contribution in [-0.2, 0) is 11.3 Å². The number of nitrogens with zero attached hydrogens (tertiary/aromatic N) is 1. The molecule has 0 aliphatic carbocycles. The van der Waals surface area contributed by atoms with Gasteiger partial charge in [0.1, 0.15) is 0 Å². The molecule has 22 heavy (non-hydrogen) atoms. The molecule has 3 rings (SSSR count). The van der Waals surface area contributed by atoms with Gasteiger partial charge in [-0.25, -0.2) is 0 Å². The highest BCUT2D eigenvalue weighted by atomic mass is 19.4. The summed E-state index contributed by atoms with van der Waals surface area (Å²) in [6.07, 6.45) is -2.54. The van der Waals surface area contributed by atoms with Gasteiger partial charge in [-0.3, -0.25) is 9.79 Å². The first kappa shape index (κ1) is 15.0. The van der Waals surface area contributed by atoms with Crippen LogP contribution in [0.3, 0.4) is 0 Å². The van der Waals surface area contributed by atoms with Gasteiger partial charge in [0.2, 0.25) is 5.91 Å². The monoisotopic (exact) mass is 311 g/mol. The maximum atomic E-state index is 12.1. The third-order valence-corrected chi connectivity index (χ3v) is 3.85. The van der Waals surface area contributed by atoms with Gasteiger partial charge in [0, 0.05) is 18.7 Å². The number of carbonyl (C=O) groups is 1. The molecule has 7 heteroatoms. The Morgan fingerprint density at radius 3 is 2.95 bits per heavy atom. The highest BCUT2D eigenvalue weighted by Gasteiger charge is 2.33. The zero-order chi connectivity index (χ0) is 15.7. The number of carbonyl (C=O) groups excluding carboxylic acids is 1. The van der Waals surface area contributed by atoms with Crippen LogP contribution in [0, 0.1) is 5.92 Å². The number of halogens is 3. The van der Waals surface area contributed by atoms with E-state index in [1.54, 1.807) is 12.1 Å². The van der Waals surface area contributed by atoms with Gasteiger partial charge in [0.15, 0.2) is 0 Å². The Labute approximate surface area is 125 Å². The molecule has 2 aliphatic rings. The summed E-state index contributed by atoms with van der Waals surface area (Å²) in [5.41, 5.74) is 3.01. The average molecular weight is 311 g/mol. The number of rotatable bonds is 3. The van der Waals surface area contributed by atoms with E-state index in [0.29, 0.717) is 17.8 Å². The van der Waals surface area contributed by atoms with Crippen LogP contribution in [0.5, 0.6) is 0 Å². The van der Waals surface area contributed by atoms with Crippen molar-refractivity contribution in [2.45, 2.75) is 25.6 Å². The van der Waals surface area contributed by atoms with Crippen LogP contribution in [0.1, 0.15) is 24.0 Å². The van der Waals surface area contributed by atoms with E-state index >= 15 is 0 Å². The number of hydrogen-bond donors (Lipinski definition) is 2. The molecule has 1 unspecified atom stereocenters. The van der Waals surface area contributed by atoms with Crippen LogP contribution in [0.25, 0.3) is 0 Å². The predicted octanol–water partition coefficient (Wildman–Crippen LogP) is 2.49. The van der Waals surface area contributed by atoms with Crippen molar-refractivity contribution in [2.75, 3.05) is 18.4 Å². The van der Waals surface area contributed by atoms with Crippen molar-refractivity contribution >= 4 is 17.3 Å². The molecule has 2 N–H and O–H groups in total. The Balaban J connectivity index is 1.78. The van der Waals surface area contributed by atoms with Gasteiger partial charge in [-0.15, -0.1) is 0 Å². The lowest BCUT2D eigenvalue weighted by molar-refractivity contribution is -0.125. The van der Waals surface area contributed by atoms with E-state index in [9.17, 15) is 18.0 Å². The molecule has 118 valence electrons. The van der Waals surface area contributed by atoms with Gasteiger partial charge in [0.25, 0.3) is 0 Å². The van der Waals surface area contributed by atoms with Gasteiger partial charge in [0.05, 0.1) is 23.9 Å². The summed E-state index contributed by atoms with van der Waals surface area (Å²) in [5.74, 6) is -0.276. The number of amides is 1. The van der Waals surface area contributed by atoms with Crippen molar-refractivity contribution in [3.8, 4) is 0 Å². The second-order valence-electron chi connectivity index (χ2n) is 5.55. The second kappa shape index (κ2) is 5.72. The molecule has 2 heterocycles. The van der Waals surface area contributed by atoms with Crippen molar-refractivity contribution in [1.82, 2.24) is 5.32 Å². The third-order valence-electron chi connectivity index (χ3n) is 3.85. The summed E-state index contributed by atoms with van der Waals surface area (Å²) in [5, 5.41) is 5.18. The van der Waals surface area contributed by atoms with E-state index in [1.165, 1.54) is 0 Å². The average Bonchev–Trinajstić information content (AvgIpc) is 2.46. The van der Waals surface area contributed by atoms with Crippen LogP contribution >= 0.6 is 0 Å². The smallest absolute Gasteiger partial charge is 0.325 e. The highest BCUT2D eigenvalue weighted by molar-refractivity contribution is 6.23. The van der Waals surface area contributed by atoms with E-state index < -0.39 is 12.7 Å². The van der Waals surface area contributed by atoms with Crippen molar-refractivity contribution in [3.63, 3.8) is 0 Å². The minimum Gasteiger partial charge on any atom is -0.325 e. The zero-order valence-corrected chi connectivity index (χ0v) is 11.8. The number of aliphatic imine (C=N–C) groups is 1. The van der Waals surface area contributed by atoms with Gasteiger partial charge in [-0.05, 0) is 24.5 Å². The molecule has 0 aromatic heterocycles. The van der Waals surface area contributed by atoms with Gasteiger partial charge >= 0.3 is 6.18 Å². The summed E-state index contributed by atoms with van der Waals surface area (Å²) >= 11 is 0. The van der Waals surface area contributed by atoms with E-state index in [2.05, 4.69) is 15.6 Å². The highest BCUT2D eigenvalue weighted by Crippen LogP contribution is 2.31. The van der Waals surface area contributed by atoms with E-state index in [0.717, 1.165) is 24.1 Å². The predicted molar refractivity (Wildman–Crippen MR) is 77.0 cm³/mol. The maximum absolute atomic E-state index is 12.1. The van der Waals surface area contributed by atoms with E-state index in [-0.39, 0.29) is 18.4 Å². The largest absolute Gasteiger partial charge is 0.401 e. The Morgan fingerprint density at radius 2 is 2.18 bits per heavy atom. The summed E-state index contributed by atoms with van der Waals surface area (Å²) in [6.45, 7) is -0.225. The first-order chi connectivity index (χ1) is 10.4. The number of benzene rings is 1. The lowest BCUT2D eigenvalue weighted by Crippen LogP contribution is -2.37. The van der Waals surface area contributed by atoms with Crippen LogP contribution in [0.2, 0.25) is 0 Å². The first-order valence-electron chi connectivity index (χ1n) is 7.20. The fraction of sp³-hybridized carbons (Fsp3) is 0.467. The maximum Gasteiger partial charge on any atom is 0.401 e. The lowest BCUT2D eigenvalue weighted by atomic mass is 9.85. The standard InChI is InChI=1S/C15H16F3N3O/c16-15(17,18)8-19-7-9-3-4-10-12(6-9)21-14(22)11-2-1-5-20-13(10)11/h3-4,6,11,19H,1-2,5,7-8H2,(H,21,22). The topological polar surface area (TPSA) is 53.5 Å². The molecule has 0 saturated carbocycles. The van der Waals surface area contributed by atoms with E-state index in [4.69, 9.17) is 0 Å². The molecule has 2 aliphatic heterocycles. The van der Waals surface area contributed by atoms with Crippen LogP contribution < -0.4 is 10.6 Å². The SMILES string of the molecule is O=C1Nc2cc(CNCC(F)(F)F)ccc2C2=NCCCC12. The summed E-state index contributed by atoms with van der Waals surface area (Å²) < 4.78 is 36.4. The quantitative estimate of drug-likeness (QED) is 0.901. The molecule has 0 saturated heterocycles.